The van der Waals surface area contributed by atoms with Crippen molar-refractivity contribution in [3.05, 3.63) is 60.6 Å². The van der Waals surface area contributed by atoms with Crippen LogP contribution in [0.5, 0.6) is 0 Å². The first-order valence-corrected chi connectivity index (χ1v) is 8.97. The number of nitrogens with one attached hydrogen (secondary N) is 1. The van der Waals surface area contributed by atoms with Crippen molar-refractivity contribution in [3.8, 4) is 11.1 Å². The maximum Gasteiger partial charge on any atom is 0.0518 e. The zero-order valence-corrected chi connectivity index (χ0v) is 14.9. The molecule has 0 aliphatic carbocycles. The van der Waals surface area contributed by atoms with Gasteiger partial charge in [-0.1, -0.05) is 38.6 Å². The summed E-state index contributed by atoms with van der Waals surface area (Å²) in [5, 5.41) is 3.22. The van der Waals surface area contributed by atoms with Crippen molar-refractivity contribution < 1.29 is 0 Å². The molecule has 1 aromatic carbocycles. The van der Waals surface area contributed by atoms with Gasteiger partial charge in [0.25, 0.3) is 0 Å². The lowest BCUT2D eigenvalue weighted by molar-refractivity contribution is 1.10. The Hall–Kier alpha value is -2.00. The first kappa shape index (κ1) is 17.4. The second kappa shape index (κ2) is 8.59. The lowest BCUT2D eigenvalue weighted by atomic mass is 9.96. The summed E-state index contributed by atoms with van der Waals surface area (Å²) in [7, 11) is 0. The minimum atomic E-state index is 0.979. The number of rotatable bonds is 7. The minimum absolute atomic E-state index is 0.979. The van der Waals surface area contributed by atoms with Gasteiger partial charge in [0, 0.05) is 22.9 Å². The summed E-state index contributed by atoms with van der Waals surface area (Å²) in [5.41, 5.74) is 6.03. The van der Waals surface area contributed by atoms with E-state index in [2.05, 4.69) is 68.0 Å². The molecule has 1 N–H and O–H groups in total. The Morgan fingerprint density at radius 2 is 2.09 bits per heavy atom. The smallest absolute Gasteiger partial charge is 0.0518 e. The molecule has 0 aliphatic heterocycles. The largest absolute Gasteiger partial charge is 0.361 e. The minimum Gasteiger partial charge on any atom is -0.361 e. The number of hydrogen-bond donors (Lipinski definition) is 1. The highest BCUT2D eigenvalue weighted by Gasteiger charge is 2.10. The summed E-state index contributed by atoms with van der Waals surface area (Å²) in [6.07, 6.45) is 10.9. The molecule has 1 heterocycles. The molecular weight excluding hydrogens is 300 g/mol. The number of aryl methyl sites for hydroxylation is 1. The summed E-state index contributed by atoms with van der Waals surface area (Å²) < 4.78 is 0. The Morgan fingerprint density at radius 3 is 2.74 bits per heavy atom. The summed E-state index contributed by atoms with van der Waals surface area (Å²) in [4.78, 5) is 5.67. The lowest BCUT2D eigenvalue weighted by Gasteiger charge is -2.14. The number of allylic oxidation sites excluding steroid dienone is 1. The third kappa shape index (κ3) is 4.05. The predicted octanol–water partition coefficient (Wildman–Crippen LogP) is 6.01. The fourth-order valence-electron chi connectivity index (χ4n) is 2.58. The van der Waals surface area contributed by atoms with Gasteiger partial charge in [-0.3, -0.25) is 4.98 Å². The molecule has 0 unspecified atom stereocenters. The molecule has 3 heteroatoms. The van der Waals surface area contributed by atoms with E-state index >= 15 is 0 Å². The van der Waals surface area contributed by atoms with E-state index in [9.17, 15) is 0 Å². The number of hydrogen-bond acceptors (Lipinski definition) is 3. The van der Waals surface area contributed by atoms with Crippen LogP contribution >= 0.6 is 11.8 Å². The summed E-state index contributed by atoms with van der Waals surface area (Å²) in [6.45, 7) is 10.2. The fraction of sp³-hybridized carbons (Fsp3) is 0.250. The van der Waals surface area contributed by atoms with Crippen LogP contribution in [-0.2, 0) is 6.42 Å². The second-order valence-corrected chi connectivity index (χ2v) is 6.41. The normalized spacial score (nSPS) is 10.9. The van der Waals surface area contributed by atoms with Gasteiger partial charge in [-0.2, -0.15) is 0 Å². The number of thioether (sulfide) groups is 1. The van der Waals surface area contributed by atoms with E-state index in [1.54, 1.807) is 6.20 Å². The van der Waals surface area contributed by atoms with E-state index < -0.39 is 0 Å². The summed E-state index contributed by atoms with van der Waals surface area (Å²) in [5.74, 6) is 1.03. The molecule has 0 atom stereocenters. The predicted molar refractivity (Wildman–Crippen MR) is 104 cm³/mol. The van der Waals surface area contributed by atoms with Crippen LogP contribution in [0.3, 0.4) is 0 Å². The highest BCUT2D eigenvalue weighted by molar-refractivity contribution is 7.99. The molecule has 0 fully saturated rings. The average molecular weight is 324 g/mol. The van der Waals surface area contributed by atoms with Crippen LogP contribution in [0, 0.1) is 0 Å². The molecule has 0 saturated heterocycles. The SMILES string of the molecule is C=CNc1ccc(-c2cncc(CC)c2/C=C\C)cc1SCC. The Balaban J connectivity index is 2.57. The molecule has 0 spiro atoms. The summed E-state index contributed by atoms with van der Waals surface area (Å²) in [6, 6.07) is 6.51. The number of aromatic nitrogens is 1. The van der Waals surface area contributed by atoms with Crippen molar-refractivity contribution in [2.75, 3.05) is 11.1 Å². The zero-order valence-electron chi connectivity index (χ0n) is 14.1. The quantitative estimate of drug-likeness (QED) is 0.631. The van der Waals surface area contributed by atoms with Crippen LogP contribution in [0.2, 0.25) is 0 Å². The van der Waals surface area contributed by atoms with E-state index in [0.717, 1.165) is 17.9 Å². The van der Waals surface area contributed by atoms with Crippen LogP contribution in [0.25, 0.3) is 17.2 Å². The van der Waals surface area contributed by atoms with Crippen LogP contribution in [0.15, 0.2) is 54.3 Å². The van der Waals surface area contributed by atoms with Crippen molar-refractivity contribution in [1.29, 1.82) is 0 Å². The molecule has 2 aromatic rings. The number of pyridine rings is 1. The third-order valence-corrected chi connectivity index (χ3v) is 4.57. The molecule has 23 heavy (non-hydrogen) atoms. The summed E-state index contributed by atoms with van der Waals surface area (Å²) >= 11 is 1.83. The lowest BCUT2D eigenvalue weighted by Crippen LogP contribution is -1.95. The molecule has 120 valence electrons. The monoisotopic (exact) mass is 324 g/mol. The van der Waals surface area contributed by atoms with Gasteiger partial charge in [-0.05, 0) is 54.1 Å². The molecule has 2 rings (SSSR count). The van der Waals surface area contributed by atoms with Crippen LogP contribution in [-0.4, -0.2) is 10.7 Å². The molecule has 1 aromatic heterocycles. The van der Waals surface area contributed by atoms with E-state index in [-0.39, 0.29) is 0 Å². The average Bonchev–Trinajstić information content (AvgIpc) is 2.57. The van der Waals surface area contributed by atoms with Crippen molar-refractivity contribution in [3.63, 3.8) is 0 Å². The van der Waals surface area contributed by atoms with Gasteiger partial charge in [-0.15, -0.1) is 11.8 Å². The maximum absolute atomic E-state index is 4.44. The number of benzene rings is 1. The van der Waals surface area contributed by atoms with Crippen molar-refractivity contribution >= 4 is 23.5 Å². The standard InChI is InChI=1S/C20H24N2S/c1-5-9-17-15(6-2)13-21-14-18(17)16-10-11-19(22-7-3)20(12-16)23-8-4/h5,7,9-14,22H,3,6,8H2,1-2,4H3/b9-5-. The molecule has 0 saturated carbocycles. The van der Waals surface area contributed by atoms with Gasteiger partial charge in [0.15, 0.2) is 0 Å². The van der Waals surface area contributed by atoms with Crippen LogP contribution < -0.4 is 5.32 Å². The van der Waals surface area contributed by atoms with Gasteiger partial charge in [0.05, 0.1) is 5.69 Å². The van der Waals surface area contributed by atoms with E-state index in [4.69, 9.17) is 0 Å². The molecule has 0 bridgehead atoms. The topological polar surface area (TPSA) is 24.9 Å². The van der Waals surface area contributed by atoms with E-state index in [0.29, 0.717) is 0 Å². The number of anilines is 1. The number of nitrogens with zero attached hydrogens (tertiary/aromatic N) is 1. The van der Waals surface area contributed by atoms with E-state index in [1.165, 1.54) is 27.1 Å². The van der Waals surface area contributed by atoms with Gasteiger partial charge in [0.1, 0.15) is 0 Å². The Bertz CT molecular complexity index is 705. The molecule has 0 radical (unpaired) electrons. The van der Waals surface area contributed by atoms with Crippen molar-refractivity contribution in [2.24, 2.45) is 0 Å². The van der Waals surface area contributed by atoms with Crippen molar-refractivity contribution in [2.45, 2.75) is 32.1 Å². The third-order valence-electron chi connectivity index (χ3n) is 3.63. The second-order valence-electron chi connectivity index (χ2n) is 5.11. The first-order chi connectivity index (χ1) is 11.2. The van der Waals surface area contributed by atoms with Gasteiger partial charge in [-0.25, -0.2) is 0 Å². The van der Waals surface area contributed by atoms with Crippen LogP contribution in [0.1, 0.15) is 31.9 Å². The van der Waals surface area contributed by atoms with Gasteiger partial charge < -0.3 is 5.32 Å². The molecular formula is C20H24N2S. The van der Waals surface area contributed by atoms with Crippen molar-refractivity contribution in [1.82, 2.24) is 4.98 Å². The zero-order chi connectivity index (χ0) is 16.7. The molecule has 0 aliphatic rings. The Kier molecular flexibility index (Phi) is 6.48. The Morgan fingerprint density at radius 1 is 1.26 bits per heavy atom. The van der Waals surface area contributed by atoms with Crippen LogP contribution in [0.4, 0.5) is 5.69 Å². The highest BCUT2D eigenvalue weighted by Crippen LogP contribution is 2.34. The molecule has 0 amide bonds. The molecule has 2 nitrogen and oxygen atoms in total. The highest BCUT2D eigenvalue weighted by atomic mass is 32.2. The Labute approximate surface area is 143 Å². The fourth-order valence-corrected chi connectivity index (χ4v) is 3.39. The van der Waals surface area contributed by atoms with Gasteiger partial charge >= 0.3 is 0 Å². The maximum atomic E-state index is 4.44. The van der Waals surface area contributed by atoms with Gasteiger partial charge in [0.2, 0.25) is 0 Å². The van der Waals surface area contributed by atoms with E-state index in [1.807, 2.05) is 24.2 Å². The first-order valence-electron chi connectivity index (χ1n) is 7.99.